The highest BCUT2D eigenvalue weighted by molar-refractivity contribution is 6.36. The van der Waals surface area contributed by atoms with Crippen LogP contribution < -0.4 is 10.6 Å². The molecule has 1 aliphatic carbocycles. The van der Waals surface area contributed by atoms with Crippen molar-refractivity contribution in [1.82, 2.24) is 4.98 Å². The van der Waals surface area contributed by atoms with Crippen molar-refractivity contribution in [3.05, 3.63) is 52.1 Å². The summed E-state index contributed by atoms with van der Waals surface area (Å²) in [6, 6.07) is 10.2. The molecule has 1 fully saturated rings. The number of aromatic nitrogens is 1. The highest BCUT2D eigenvalue weighted by Gasteiger charge is 2.31. The number of hydrogen-bond acceptors (Lipinski definition) is 3. The Morgan fingerprint density at radius 3 is 2.50 bits per heavy atom. The predicted molar refractivity (Wildman–Crippen MR) is 84.3 cm³/mol. The Kier molecular flexibility index (Phi) is 3.72. The second-order valence-electron chi connectivity index (χ2n) is 5.06. The van der Waals surface area contributed by atoms with Crippen molar-refractivity contribution in [1.29, 1.82) is 0 Å². The minimum Gasteiger partial charge on any atom is -0.399 e. The maximum Gasteiger partial charge on any atom is 0.148 e. The lowest BCUT2D eigenvalue weighted by molar-refractivity contribution is 0.778. The molecular formula is C15H15Cl2N3. The fourth-order valence-electron chi connectivity index (χ4n) is 2.20. The number of rotatable bonds is 4. The molecule has 104 valence electrons. The van der Waals surface area contributed by atoms with Gasteiger partial charge in [0.1, 0.15) is 5.82 Å². The normalized spacial score (nSPS) is 14.3. The first-order chi connectivity index (χ1) is 9.63. The van der Waals surface area contributed by atoms with Gasteiger partial charge in [-0.1, -0.05) is 35.3 Å². The molecule has 3 nitrogen and oxygen atoms in total. The van der Waals surface area contributed by atoms with Crippen LogP contribution in [0.1, 0.15) is 18.4 Å². The zero-order valence-electron chi connectivity index (χ0n) is 10.9. The number of nitrogen functional groups attached to an aromatic ring is 1. The third-order valence-electron chi connectivity index (χ3n) is 3.38. The molecule has 0 saturated heterocycles. The summed E-state index contributed by atoms with van der Waals surface area (Å²) in [4.78, 5) is 6.63. The van der Waals surface area contributed by atoms with E-state index in [1.165, 1.54) is 18.4 Å². The quantitative estimate of drug-likeness (QED) is 0.863. The predicted octanol–water partition coefficient (Wildman–Crippen LogP) is 4.14. The van der Waals surface area contributed by atoms with Crippen molar-refractivity contribution in [3.8, 4) is 0 Å². The van der Waals surface area contributed by atoms with Crippen molar-refractivity contribution in [2.75, 3.05) is 10.6 Å². The second kappa shape index (κ2) is 5.51. The summed E-state index contributed by atoms with van der Waals surface area (Å²) in [5.74, 6) is 0.801. The minimum absolute atomic E-state index is 0.513. The number of halogens is 2. The van der Waals surface area contributed by atoms with E-state index < -0.39 is 0 Å². The van der Waals surface area contributed by atoms with E-state index in [1.54, 1.807) is 12.3 Å². The van der Waals surface area contributed by atoms with E-state index in [0.29, 0.717) is 16.1 Å². The van der Waals surface area contributed by atoms with E-state index in [9.17, 15) is 0 Å². The molecule has 1 aromatic heterocycles. The largest absolute Gasteiger partial charge is 0.399 e. The highest BCUT2D eigenvalue weighted by atomic mass is 35.5. The first-order valence-electron chi connectivity index (χ1n) is 6.55. The standard InChI is InChI=1S/C15H15Cl2N3/c16-11-7-14(17)15(19-8-11)20(13-5-6-13)9-10-1-3-12(18)4-2-10/h1-4,7-8,13H,5-6,9,18H2. The minimum atomic E-state index is 0.513. The monoisotopic (exact) mass is 307 g/mol. The zero-order valence-corrected chi connectivity index (χ0v) is 12.4. The fourth-order valence-corrected chi connectivity index (χ4v) is 2.69. The molecule has 0 radical (unpaired) electrons. The second-order valence-corrected chi connectivity index (χ2v) is 5.90. The summed E-state index contributed by atoms with van der Waals surface area (Å²) >= 11 is 12.2. The maximum atomic E-state index is 6.28. The van der Waals surface area contributed by atoms with Crippen LogP contribution in [0.4, 0.5) is 11.5 Å². The Labute approximate surface area is 128 Å². The number of benzene rings is 1. The van der Waals surface area contributed by atoms with Crippen LogP contribution in [0.25, 0.3) is 0 Å². The highest BCUT2D eigenvalue weighted by Crippen LogP contribution is 2.36. The van der Waals surface area contributed by atoms with Crippen LogP contribution in [0.2, 0.25) is 10.0 Å². The first kappa shape index (κ1) is 13.5. The topological polar surface area (TPSA) is 42.1 Å². The molecule has 5 heteroatoms. The number of nitrogens with zero attached hydrogens (tertiary/aromatic N) is 2. The summed E-state index contributed by atoms with van der Waals surface area (Å²) in [5.41, 5.74) is 7.69. The van der Waals surface area contributed by atoms with Gasteiger partial charge < -0.3 is 10.6 Å². The average Bonchev–Trinajstić information content (AvgIpc) is 3.23. The molecule has 0 atom stereocenters. The van der Waals surface area contributed by atoms with Crippen LogP contribution in [0.3, 0.4) is 0 Å². The molecule has 0 unspecified atom stereocenters. The van der Waals surface area contributed by atoms with E-state index in [0.717, 1.165) is 18.1 Å². The van der Waals surface area contributed by atoms with Gasteiger partial charge in [0, 0.05) is 24.5 Å². The van der Waals surface area contributed by atoms with Gasteiger partial charge in [-0.15, -0.1) is 0 Å². The molecule has 1 heterocycles. The summed E-state index contributed by atoms with van der Waals surface area (Å²) in [7, 11) is 0. The lowest BCUT2D eigenvalue weighted by Crippen LogP contribution is -2.26. The lowest BCUT2D eigenvalue weighted by Gasteiger charge is -2.24. The maximum absolute atomic E-state index is 6.28. The van der Waals surface area contributed by atoms with Crippen LogP contribution in [0.15, 0.2) is 36.5 Å². The van der Waals surface area contributed by atoms with Crippen molar-refractivity contribution < 1.29 is 0 Å². The lowest BCUT2D eigenvalue weighted by atomic mass is 10.2. The van der Waals surface area contributed by atoms with Crippen LogP contribution in [-0.2, 0) is 6.54 Å². The van der Waals surface area contributed by atoms with Gasteiger partial charge in [0.25, 0.3) is 0 Å². The average molecular weight is 308 g/mol. The Hall–Kier alpha value is -1.45. The molecule has 2 aromatic rings. The fraction of sp³-hybridized carbons (Fsp3) is 0.267. The van der Waals surface area contributed by atoms with Gasteiger partial charge in [-0.2, -0.15) is 0 Å². The molecule has 3 rings (SSSR count). The molecule has 2 N–H and O–H groups in total. The molecule has 1 aromatic carbocycles. The molecular weight excluding hydrogens is 293 g/mol. The van der Waals surface area contributed by atoms with Crippen molar-refractivity contribution in [2.24, 2.45) is 0 Å². The molecule has 0 amide bonds. The summed E-state index contributed by atoms with van der Waals surface area (Å²) in [5, 5.41) is 1.15. The zero-order chi connectivity index (χ0) is 14.1. The van der Waals surface area contributed by atoms with Gasteiger partial charge in [-0.05, 0) is 36.6 Å². The Morgan fingerprint density at radius 1 is 1.20 bits per heavy atom. The van der Waals surface area contributed by atoms with E-state index in [4.69, 9.17) is 28.9 Å². The summed E-state index contributed by atoms with van der Waals surface area (Å²) in [6.45, 7) is 0.777. The SMILES string of the molecule is Nc1ccc(CN(c2ncc(Cl)cc2Cl)C2CC2)cc1. The van der Waals surface area contributed by atoms with Crippen molar-refractivity contribution in [3.63, 3.8) is 0 Å². The van der Waals surface area contributed by atoms with Crippen LogP contribution in [0, 0.1) is 0 Å². The van der Waals surface area contributed by atoms with Gasteiger partial charge in [-0.25, -0.2) is 4.98 Å². The van der Waals surface area contributed by atoms with Gasteiger partial charge in [-0.3, -0.25) is 0 Å². The first-order valence-corrected chi connectivity index (χ1v) is 7.31. The van der Waals surface area contributed by atoms with Gasteiger partial charge in [0.15, 0.2) is 0 Å². The molecule has 1 aliphatic rings. The van der Waals surface area contributed by atoms with Crippen LogP contribution in [-0.4, -0.2) is 11.0 Å². The Balaban J connectivity index is 1.87. The molecule has 0 aliphatic heterocycles. The van der Waals surface area contributed by atoms with Gasteiger partial charge in [0.05, 0.1) is 10.0 Å². The number of anilines is 2. The summed E-state index contributed by atoms with van der Waals surface area (Å²) < 4.78 is 0. The molecule has 0 spiro atoms. The molecule has 0 bridgehead atoms. The van der Waals surface area contributed by atoms with Gasteiger partial charge >= 0.3 is 0 Å². The summed E-state index contributed by atoms with van der Waals surface area (Å²) in [6.07, 6.45) is 3.99. The third kappa shape index (κ3) is 3.00. The number of pyridine rings is 1. The van der Waals surface area contributed by atoms with E-state index >= 15 is 0 Å². The Bertz CT molecular complexity index is 609. The third-order valence-corrected chi connectivity index (χ3v) is 3.87. The van der Waals surface area contributed by atoms with E-state index in [1.807, 2.05) is 24.3 Å². The van der Waals surface area contributed by atoms with Crippen molar-refractivity contribution >= 4 is 34.7 Å². The number of hydrogen-bond donors (Lipinski definition) is 1. The number of nitrogens with two attached hydrogens (primary N) is 1. The van der Waals surface area contributed by atoms with Gasteiger partial charge in [0.2, 0.25) is 0 Å². The van der Waals surface area contributed by atoms with Crippen LogP contribution in [0.5, 0.6) is 0 Å². The van der Waals surface area contributed by atoms with E-state index in [-0.39, 0.29) is 0 Å². The van der Waals surface area contributed by atoms with Crippen LogP contribution >= 0.6 is 23.2 Å². The van der Waals surface area contributed by atoms with E-state index in [2.05, 4.69) is 9.88 Å². The Morgan fingerprint density at radius 2 is 1.90 bits per heavy atom. The van der Waals surface area contributed by atoms with Crippen molar-refractivity contribution in [2.45, 2.75) is 25.4 Å². The molecule has 1 saturated carbocycles. The molecule has 20 heavy (non-hydrogen) atoms. The smallest absolute Gasteiger partial charge is 0.148 e.